The van der Waals surface area contributed by atoms with Crippen molar-refractivity contribution < 1.29 is 13.6 Å². The predicted octanol–water partition coefficient (Wildman–Crippen LogP) is 4.22. The van der Waals surface area contributed by atoms with Crippen molar-refractivity contribution in [3.63, 3.8) is 0 Å². The van der Waals surface area contributed by atoms with Crippen LogP contribution in [0.5, 0.6) is 0 Å². The van der Waals surface area contributed by atoms with Gasteiger partial charge >= 0.3 is 0 Å². The zero-order valence-corrected chi connectivity index (χ0v) is 15.4. The maximum absolute atomic E-state index is 13.2. The number of carbonyl (C=O) groups is 1. The van der Waals surface area contributed by atoms with E-state index in [9.17, 15) is 13.6 Å². The molecule has 3 aliphatic carbocycles. The number of thiophene rings is 1. The molecule has 1 aromatic heterocycles. The maximum Gasteiger partial charge on any atom is 0.252 e. The molecule has 0 unspecified atom stereocenters. The topological polar surface area (TPSA) is 41.1 Å². The molecule has 1 heterocycles. The van der Waals surface area contributed by atoms with E-state index in [0.717, 1.165) is 29.3 Å². The minimum absolute atomic E-state index is 0.0987. The molecule has 2 N–H and O–H groups in total. The van der Waals surface area contributed by atoms with Crippen LogP contribution in [0.1, 0.15) is 71.0 Å². The summed E-state index contributed by atoms with van der Waals surface area (Å²) in [6, 6.07) is 2.47. The fraction of sp³-hybridized carbons (Fsp3) is 0.737. The molecular formula is C19H26F2N2OS. The van der Waals surface area contributed by atoms with Crippen LogP contribution in [0.15, 0.2) is 6.07 Å². The molecule has 1 aromatic rings. The Bertz CT molecular complexity index is 646. The van der Waals surface area contributed by atoms with Crippen molar-refractivity contribution in [1.82, 2.24) is 10.6 Å². The minimum atomic E-state index is -2.55. The van der Waals surface area contributed by atoms with Gasteiger partial charge in [-0.25, -0.2) is 8.78 Å². The van der Waals surface area contributed by atoms with Crippen molar-refractivity contribution in [3.05, 3.63) is 21.4 Å². The molecule has 0 aromatic carbocycles. The molecule has 6 heteroatoms. The number of hydrogen-bond acceptors (Lipinski definition) is 3. The molecule has 0 bridgehead atoms. The van der Waals surface area contributed by atoms with E-state index in [1.165, 1.54) is 17.7 Å². The Morgan fingerprint density at radius 3 is 2.68 bits per heavy atom. The number of alkyl halides is 2. The number of amides is 1. The Hall–Kier alpha value is -1.01. The summed E-state index contributed by atoms with van der Waals surface area (Å²) in [5.74, 6) is -1.23. The second-order valence-corrected chi connectivity index (χ2v) is 9.31. The maximum atomic E-state index is 13.2. The quantitative estimate of drug-likeness (QED) is 0.789. The monoisotopic (exact) mass is 368 g/mol. The highest BCUT2D eigenvalue weighted by Gasteiger charge is 2.41. The van der Waals surface area contributed by atoms with Gasteiger partial charge in [0.25, 0.3) is 5.91 Å². The van der Waals surface area contributed by atoms with Gasteiger partial charge in [0.2, 0.25) is 5.92 Å². The molecule has 3 aliphatic rings. The standard InChI is InChI=1S/C19H26F2N2OS/c1-11-14(18(24)23-13-4-6-19(20,21)7-5-13)9-17(25-11)15-8-16(15)22-10-12-2-3-12/h9,12-13,15-16,22H,2-8,10H2,1H3,(H,23,24)/t15-,16-/m1/s1. The Morgan fingerprint density at radius 1 is 1.28 bits per heavy atom. The average Bonchev–Trinajstić information content (AvgIpc) is 3.46. The van der Waals surface area contributed by atoms with Crippen molar-refractivity contribution in [2.75, 3.05) is 6.54 Å². The highest BCUT2D eigenvalue weighted by molar-refractivity contribution is 7.12. The van der Waals surface area contributed by atoms with Crippen LogP contribution >= 0.6 is 11.3 Å². The van der Waals surface area contributed by atoms with Gasteiger partial charge in [-0.15, -0.1) is 11.3 Å². The SMILES string of the molecule is Cc1sc([C@@H]2C[C@H]2NCC2CC2)cc1C(=O)NC1CCC(F)(F)CC1. The van der Waals surface area contributed by atoms with Crippen LogP contribution in [0.3, 0.4) is 0 Å². The molecule has 0 saturated heterocycles. The van der Waals surface area contributed by atoms with E-state index in [1.54, 1.807) is 11.3 Å². The van der Waals surface area contributed by atoms with Crippen LogP contribution in [0, 0.1) is 12.8 Å². The summed E-state index contributed by atoms with van der Waals surface area (Å²) in [4.78, 5) is 14.9. The number of nitrogens with one attached hydrogen (secondary N) is 2. The molecule has 3 saturated carbocycles. The Balaban J connectivity index is 1.31. The second-order valence-electron chi connectivity index (χ2n) is 8.02. The van der Waals surface area contributed by atoms with Gasteiger partial charge in [0.05, 0.1) is 5.56 Å². The zero-order valence-electron chi connectivity index (χ0n) is 14.6. The van der Waals surface area contributed by atoms with Crippen LogP contribution in [0.2, 0.25) is 0 Å². The van der Waals surface area contributed by atoms with Gasteiger partial charge in [-0.3, -0.25) is 4.79 Å². The molecule has 0 radical (unpaired) electrons. The Kier molecular flexibility index (Phi) is 4.61. The van der Waals surface area contributed by atoms with Crippen LogP contribution in [-0.4, -0.2) is 30.5 Å². The van der Waals surface area contributed by atoms with Crippen LogP contribution < -0.4 is 10.6 Å². The normalized spacial score (nSPS) is 28.8. The highest BCUT2D eigenvalue weighted by Crippen LogP contribution is 2.45. The Morgan fingerprint density at radius 2 is 2.00 bits per heavy atom. The number of hydrogen-bond donors (Lipinski definition) is 2. The zero-order chi connectivity index (χ0) is 17.6. The van der Waals surface area contributed by atoms with Gasteiger partial charge in [0.1, 0.15) is 0 Å². The van der Waals surface area contributed by atoms with Crippen LogP contribution in [-0.2, 0) is 0 Å². The Labute approximate surface area is 151 Å². The van der Waals surface area contributed by atoms with E-state index >= 15 is 0 Å². The van der Waals surface area contributed by atoms with Crippen molar-refractivity contribution >= 4 is 17.2 Å². The van der Waals surface area contributed by atoms with Gasteiger partial charge in [-0.2, -0.15) is 0 Å². The molecule has 0 aliphatic heterocycles. The summed E-state index contributed by atoms with van der Waals surface area (Å²) in [5, 5.41) is 6.60. The summed E-state index contributed by atoms with van der Waals surface area (Å²) in [6.07, 6.45) is 4.37. The first-order chi connectivity index (χ1) is 11.9. The van der Waals surface area contributed by atoms with Gasteiger partial charge in [0.15, 0.2) is 0 Å². The van der Waals surface area contributed by atoms with E-state index in [1.807, 2.05) is 13.0 Å². The number of rotatable bonds is 6. The summed E-state index contributed by atoms with van der Waals surface area (Å²) < 4.78 is 26.5. The molecule has 1 amide bonds. The first kappa shape index (κ1) is 17.4. The van der Waals surface area contributed by atoms with Gasteiger partial charge in [0, 0.05) is 40.6 Å². The van der Waals surface area contributed by atoms with E-state index in [4.69, 9.17) is 0 Å². The number of halogens is 2. The lowest BCUT2D eigenvalue weighted by Gasteiger charge is -2.28. The fourth-order valence-electron chi connectivity index (χ4n) is 3.74. The van der Waals surface area contributed by atoms with Crippen LogP contribution in [0.25, 0.3) is 0 Å². The molecule has 3 fully saturated rings. The molecule has 25 heavy (non-hydrogen) atoms. The molecule has 4 rings (SSSR count). The summed E-state index contributed by atoms with van der Waals surface area (Å²) in [5.41, 5.74) is 0.727. The molecule has 3 nitrogen and oxygen atoms in total. The predicted molar refractivity (Wildman–Crippen MR) is 95.6 cm³/mol. The number of aryl methyl sites for hydroxylation is 1. The highest BCUT2D eigenvalue weighted by atomic mass is 32.1. The third-order valence-corrected chi connectivity index (χ3v) is 6.94. The first-order valence-corrected chi connectivity index (χ1v) is 10.3. The van der Waals surface area contributed by atoms with Gasteiger partial charge < -0.3 is 10.6 Å². The first-order valence-electron chi connectivity index (χ1n) is 9.44. The van der Waals surface area contributed by atoms with Crippen molar-refractivity contribution in [1.29, 1.82) is 0 Å². The summed E-state index contributed by atoms with van der Waals surface area (Å²) >= 11 is 1.71. The van der Waals surface area contributed by atoms with E-state index in [2.05, 4.69) is 10.6 Å². The lowest BCUT2D eigenvalue weighted by Crippen LogP contribution is -2.40. The molecule has 138 valence electrons. The van der Waals surface area contributed by atoms with E-state index in [-0.39, 0.29) is 24.8 Å². The van der Waals surface area contributed by atoms with Crippen molar-refractivity contribution in [2.24, 2.45) is 5.92 Å². The van der Waals surface area contributed by atoms with Crippen LogP contribution in [0.4, 0.5) is 8.78 Å². The molecule has 0 spiro atoms. The van der Waals surface area contributed by atoms with E-state index < -0.39 is 5.92 Å². The third kappa shape index (κ3) is 4.22. The van der Waals surface area contributed by atoms with Gasteiger partial charge in [-0.05, 0) is 57.6 Å². The third-order valence-electron chi connectivity index (χ3n) is 5.76. The lowest BCUT2D eigenvalue weighted by molar-refractivity contribution is -0.0399. The largest absolute Gasteiger partial charge is 0.349 e. The fourth-order valence-corrected chi connectivity index (χ4v) is 4.94. The molecule has 2 atom stereocenters. The summed E-state index contributed by atoms with van der Waals surface area (Å²) in [6.45, 7) is 3.11. The lowest BCUT2D eigenvalue weighted by atomic mass is 9.92. The van der Waals surface area contributed by atoms with Gasteiger partial charge in [-0.1, -0.05) is 0 Å². The number of carbonyl (C=O) groups excluding carboxylic acids is 1. The summed E-state index contributed by atoms with van der Waals surface area (Å²) in [7, 11) is 0. The second kappa shape index (κ2) is 6.62. The van der Waals surface area contributed by atoms with E-state index in [0.29, 0.717) is 24.8 Å². The average molecular weight is 368 g/mol. The molecular weight excluding hydrogens is 342 g/mol. The smallest absolute Gasteiger partial charge is 0.252 e. The van der Waals surface area contributed by atoms with Crippen molar-refractivity contribution in [3.8, 4) is 0 Å². The van der Waals surface area contributed by atoms with Crippen molar-refractivity contribution in [2.45, 2.75) is 75.8 Å². The minimum Gasteiger partial charge on any atom is -0.349 e.